The van der Waals surface area contributed by atoms with Gasteiger partial charge < -0.3 is 35.6 Å². The Balaban J connectivity index is -0.000001000. The summed E-state index contributed by atoms with van der Waals surface area (Å²) >= 11 is 0. The molecule has 7 nitrogen and oxygen atoms in total. The maximum absolute atomic E-state index is 9.79. The minimum absolute atomic E-state index is 0. The molecule has 5 atom stereocenters. The van der Waals surface area contributed by atoms with Crippen LogP contribution in [0.5, 0.6) is 5.75 Å². The number of rotatable bonds is 3. The van der Waals surface area contributed by atoms with Crippen molar-refractivity contribution >= 4 is 5.69 Å². The number of nitrogens with two attached hydrogens (primary N) is 1. The summed E-state index contributed by atoms with van der Waals surface area (Å²) in [6.45, 7) is -0.505. The van der Waals surface area contributed by atoms with Crippen LogP contribution < -0.4 is 10.5 Å². The molecule has 1 aromatic rings. The molecule has 2 rings (SSSR count). The second kappa shape index (κ2) is 16.2. The molecule has 0 saturated carbocycles. The third-order valence-corrected chi connectivity index (χ3v) is 3.01. The number of aliphatic hydroxyl groups excluding tert-OH is 4. The van der Waals surface area contributed by atoms with Crippen LogP contribution in [0.4, 0.5) is 5.69 Å². The first kappa shape index (κ1) is 32.1. The molecule has 0 aromatic heterocycles. The van der Waals surface area contributed by atoms with Gasteiger partial charge in [0.15, 0.2) is 0 Å². The first-order chi connectivity index (χ1) is 9.04. The maximum Gasteiger partial charge on any atom is 0.229 e. The van der Waals surface area contributed by atoms with E-state index >= 15 is 0 Å². The number of anilines is 1. The topological polar surface area (TPSA) is 125 Å². The zero-order valence-electron chi connectivity index (χ0n) is 12.4. The van der Waals surface area contributed by atoms with Crippen molar-refractivity contribution in [1.82, 2.24) is 0 Å². The Morgan fingerprint density at radius 2 is 1.52 bits per heavy atom. The molecule has 6 N–H and O–H groups in total. The summed E-state index contributed by atoms with van der Waals surface area (Å²) in [4.78, 5) is 0. The summed E-state index contributed by atoms with van der Waals surface area (Å²) in [7, 11) is 0. The molecule has 1 fully saturated rings. The zero-order valence-corrected chi connectivity index (χ0v) is 31.4. The van der Waals surface area contributed by atoms with Gasteiger partial charge in [0.05, 0.1) is 12.3 Å². The minimum atomic E-state index is -1.47. The molecule has 0 amide bonds. The van der Waals surface area contributed by atoms with Crippen LogP contribution in [0, 0.1) is 176 Å². The van der Waals surface area contributed by atoms with Gasteiger partial charge >= 0.3 is 0 Å². The normalized spacial score (nSPS) is 29.0. The second-order valence-corrected chi connectivity index (χ2v) is 4.35. The Hall–Kier alpha value is 4.39. The average molecular weight is 1180 g/mol. The van der Waals surface area contributed by atoms with Crippen molar-refractivity contribution in [2.45, 2.75) is 30.7 Å². The molecule has 0 spiro atoms. The molecular formula is C12H17Ac4NO6. The summed E-state index contributed by atoms with van der Waals surface area (Å²) in [6.07, 6.45) is -6.56. The molecule has 0 aliphatic carbocycles. The van der Waals surface area contributed by atoms with Crippen LogP contribution in [0.2, 0.25) is 0 Å². The van der Waals surface area contributed by atoms with Crippen molar-refractivity contribution in [3.63, 3.8) is 0 Å². The van der Waals surface area contributed by atoms with Gasteiger partial charge in [0, 0.05) is 176 Å². The van der Waals surface area contributed by atoms with Crippen LogP contribution in [-0.4, -0.2) is 57.7 Å². The SMILES string of the molecule is Nc1ccccc1OC1O[C@H](CO)C(O)C(O)C1O.[Ac].[Ac].[Ac].[Ac]. The molecule has 4 unspecified atom stereocenters. The predicted molar refractivity (Wildman–Crippen MR) is 65.2 cm³/mol. The summed E-state index contributed by atoms with van der Waals surface area (Å²) in [5, 5.41) is 38.1. The Morgan fingerprint density at radius 3 is 2.04 bits per heavy atom. The van der Waals surface area contributed by atoms with E-state index in [4.69, 9.17) is 20.3 Å². The zero-order chi connectivity index (χ0) is 14.0. The van der Waals surface area contributed by atoms with Gasteiger partial charge in [0.2, 0.25) is 6.29 Å². The molecule has 1 aliphatic rings. The number of aliphatic hydroxyl groups is 4. The van der Waals surface area contributed by atoms with Crippen molar-refractivity contribution in [3.8, 4) is 5.75 Å². The first-order valence-electron chi connectivity index (χ1n) is 5.86. The minimum Gasteiger partial charge on any atom is -0.460 e. The average Bonchev–Trinajstić information content (AvgIpc) is 2.41. The molecule has 4 radical (unpaired) electrons. The maximum atomic E-state index is 9.79. The van der Waals surface area contributed by atoms with E-state index in [9.17, 15) is 15.3 Å². The van der Waals surface area contributed by atoms with E-state index in [2.05, 4.69) is 0 Å². The van der Waals surface area contributed by atoms with E-state index in [0.717, 1.165) is 0 Å². The Kier molecular flexibility index (Phi) is 22.6. The second-order valence-electron chi connectivity index (χ2n) is 4.35. The van der Waals surface area contributed by atoms with Gasteiger partial charge in [-0.3, -0.25) is 0 Å². The summed E-state index contributed by atoms with van der Waals surface area (Å²) < 4.78 is 10.6. The molecule has 1 saturated heterocycles. The van der Waals surface area contributed by atoms with Gasteiger partial charge in [-0.25, -0.2) is 0 Å². The van der Waals surface area contributed by atoms with Crippen LogP contribution in [0.25, 0.3) is 0 Å². The quantitative estimate of drug-likeness (QED) is 0.233. The van der Waals surface area contributed by atoms with Gasteiger partial charge in [-0.2, -0.15) is 0 Å². The predicted octanol–water partition coefficient (Wildman–Crippen LogP) is -1.55. The van der Waals surface area contributed by atoms with E-state index in [1.807, 2.05) is 0 Å². The van der Waals surface area contributed by atoms with Gasteiger partial charge in [0.1, 0.15) is 30.2 Å². The van der Waals surface area contributed by atoms with Crippen molar-refractivity contribution in [1.29, 1.82) is 0 Å². The van der Waals surface area contributed by atoms with Crippen molar-refractivity contribution in [2.75, 3.05) is 12.3 Å². The van der Waals surface area contributed by atoms with E-state index in [0.29, 0.717) is 5.69 Å². The number of hydrogen-bond acceptors (Lipinski definition) is 7. The Labute approximate surface area is 278 Å². The molecule has 23 heavy (non-hydrogen) atoms. The summed E-state index contributed by atoms with van der Waals surface area (Å²) in [6, 6.07) is 6.60. The summed E-state index contributed by atoms with van der Waals surface area (Å²) in [5.41, 5.74) is 6.04. The fraction of sp³-hybridized carbons (Fsp3) is 0.500. The van der Waals surface area contributed by atoms with Crippen molar-refractivity contribution < 1.29 is 206 Å². The molecule has 1 aliphatic heterocycles. The molecule has 1 aromatic carbocycles. The first-order valence-corrected chi connectivity index (χ1v) is 5.86. The van der Waals surface area contributed by atoms with Crippen LogP contribution in [0.15, 0.2) is 24.3 Å². The van der Waals surface area contributed by atoms with Crippen LogP contribution in [0.1, 0.15) is 0 Å². The number of ether oxygens (including phenoxy) is 2. The van der Waals surface area contributed by atoms with Crippen LogP contribution in [0.3, 0.4) is 0 Å². The monoisotopic (exact) mass is 1180 g/mol. The van der Waals surface area contributed by atoms with E-state index < -0.39 is 37.3 Å². The molecule has 118 valence electrons. The van der Waals surface area contributed by atoms with Crippen molar-refractivity contribution in [2.24, 2.45) is 0 Å². The standard InChI is InChI=1S/C12H17NO6.4Ac/c13-6-3-1-2-4-7(6)18-12-11(17)10(16)9(15)8(5-14)19-12;;;;/h1-4,8-12,14-17H,5,13H2;;;;/t8-,9?,10?,11?,12?;;;;/m1..../s1. The van der Waals surface area contributed by atoms with Crippen LogP contribution in [-0.2, 0) is 4.74 Å². The van der Waals surface area contributed by atoms with Gasteiger partial charge in [-0.05, 0) is 12.1 Å². The third-order valence-electron chi connectivity index (χ3n) is 3.01. The van der Waals surface area contributed by atoms with E-state index in [1.54, 1.807) is 24.3 Å². The summed E-state index contributed by atoms with van der Waals surface area (Å²) in [5.74, 6) is 0.284. The van der Waals surface area contributed by atoms with Gasteiger partial charge in [-0.1, -0.05) is 12.1 Å². The smallest absolute Gasteiger partial charge is 0.229 e. The fourth-order valence-corrected chi connectivity index (χ4v) is 1.88. The van der Waals surface area contributed by atoms with Gasteiger partial charge in [0.25, 0.3) is 0 Å². The largest absolute Gasteiger partial charge is 0.460 e. The number of nitrogen functional groups attached to an aromatic ring is 1. The number of benzene rings is 1. The van der Waals surface area contributed by atoms with Crippen molar-refractivity contribution in [3.05, 3.63) is 24.3 Å². The van der Waals surface area contributed by atoms with E-state index in [-0.39, 0.29) is 182 Å². The third kappa shape index (κ3) is 9.16. The van der Waals surface area contributed by atoms with Gasteiger partial charge in [-0.15, -0.1) is 0 Å². The molecule has 11 heteroatoms. The molecular weight excluding hydrogens is 1160 g/mol. The van der Waals surface area contributed by atoms with E-state index in [1.165, 1.54) is 0 Å². The number of hydrogen-bond donors (Lipinski definition) is 5. The Morgan fingerprint density at radius 1 is 0.957 bits per heavy atom. The number of para-hydroxylation sites is 2. The Bertz CT molecular complexity index is 442. The molecule has 0 bridgehead atoms. The van der Waals surface area contributed by atoms with Crippen LogP contribution >= 0.6 is 0 Å². The fourth-order valence-electron chi connectivity index (χ4n) is 1.88. The molecule has 1 heterocycles.